The maximum atomic E-state index is 13.4. The molecule has 1 heterocycles. The summed E-state index contributed by atoms with van der Waals surface area (Å²) < 4.78 is 40.1. The van der Waals surface area contributed by atoms with Crippen molar-refractivity contribution in [1.82, 2.24) is 4.98 Å². The molecule has 4 nitrogen and oxygen atoms in total. The Kier molecular flexibility index (Phi) is 4.78. The molecule has 27 heavy (non-hydrogen) atoms. The Bertz CT molecular complexity index is 1060. The van der Waals surface area contributed by atoms with E-state index in [1.165, 1.54) is 19.1 Å². The third kappa shape index (κ3) is 3.58. The molecule has 1 atom stereocenters. The first-order valence-electron chi connectivity index (χ1n) is 8.28. The number of H-pyrrole nitrogens is 1. The van der Waals surface area contributed by atoms with Crippen molar-refractivity contribution < 1.29 is 18.0 Å². The molecular formula is C20H17F3N2O2. The van der Waals surface area contributed by atoms with E-state index in [1.54, 1.807) is 6.92 Å². The van der Waals surface area contributed by atoms with Crippen molar-refractivity contribution >= 4 is 22.4 Å². The summed E-state index contributed by atoms with van der Waals surface area (Å²) in [7, 11) is 0. The van der Waals surface area contributed by atoms with E-state index in [0.717, 1.165) is 11.6 Å². The van der Waals surface area contributed by atoms with Gasteiger partial charge in [0.05, 0.1) is 16.8 Å². The van der Waals surface area contributed by atoms with Gasteiger partial charge < -0.3 is 10.3 Å². The van der Waals surface area contributed by atoms with Crippen LogP contribution in [0.2, 0.25) is 0 Å². The van der Waals surface area contributed by atoms with Gasteiger partial charge >= 0.3 is 6.18 Å². The summed E-state index contributed by atoms with van der Waals surface area (Å²) >= 11 is 0. The first-order chi connectivity index (χ1) is 12.7. The third-order valence-electron chi connectivity index (χ3n) is 4.37. The van der Waals surface area contributed by atoms with Crippen LogP contribution in [0.3, 0.4) is 0 Å². The molecule has 2 N–H and O–H groups in total. The number of carbonyl (C=O) groups excluding carboxylic acids is 1. The fourth-order valence-electron chi connectivity index (χ4n) is 3.08. The van der Waals surface area contributed by atoms with E-state index in [4.69, 9.17) is 0 Å². The Hall–Kier alpha value is -3.09. The third-order valence-corrected chi connectivity index (χ3v) is 4.37. The summed E-state index contributed by atoms with van der Waals surface area (Å²) in [6.45, 7) is 3.02. The summed E-state index contributed by atoms with van der Waals surface area (Å²) in [5, 5.41) is 3.20. The van der Waals surface area contributed by atoms with E-state index < -0.39 is 23.1 Å². The number of hydrogen-bond acceptors (Lipinski definition) is 3. The summed E-state index contributed by atoms with van der Waals surface area (Å²) in [4.78, 5) is 26.7. The van der Waals surface area contributed by atoms with Gasteiger partial charge in [-0.1, -0.05) is 42.5 Å². The monoisotopic (exact) mass is 374 g/mol. The lowest BCUT2D eigenvalue weighted by Gasteiger charge is -2.20. The van der Waals surface area contributed by atoms with Crippen molar-refractivity contribution in [3.8, 4) is 0 Å². The Labute approximate surface area is 153 Å². The molecule has 0 bridgehead atoms. The molecule has 1 aromatic heterocycles. The van der Waals surface area contributed by atoms with E-state index in [1.807, 2.05) is 30.3 Å². The Balaban J connectivity index is 2.27. The number of fused-ring (bicyclic) bond motifs is 1. The molecule has 2 aromatic carbocycles. The number of pyridine rings is 1. The van der Waals surface area contributed by atoms with Crippen molar-refractivity contribution in [3.05, 3.63) is 75.6 Å². The van der Waals surface area contributed by atoms with Crippen LogP contribution in [-0.4, -0.2) is 10.8 Å². The minimum atomic E-state index is -4.64. The van der Waals surface area contributed by atoms with E-state index in [2.05, 4.69) is 10.3 Å². The van der Waals surface area contributed by atoms with Gasteiger partial charge in [0.2, 0.25) is 0 Å². The molecular weight excluding hydrogens is 357 g/mol. The van der Waals surface area contributed by atoms with Gasteiger partial charge in [-0.3, -0.25) is 9.59 Å². The number of ketones is 1. The van der Waals surface area contributed by atoms with Gasteiger partial charge in [-0.05, 0) is 25.5 Å². The normalized spacial score (nSPS) is 12.8. The SMILES string of the molecule is CC(=O)c1c(NC(C)c2ccccc2)c2cccc(C(F)(F)F)c2[nH]c1=O. The largest absolute Gasteiger partial charge is 0.418 e. The zero-order valence-corrected chi connectivity index (χ0v) is 14.6. The molecule has 0 saturated heterocycles. The maximum Gasteiger partial charge on any atom is 0.418 e. The van der Waals surface area contributed by atoms with Gasteiger partial charge in [-0.25, -0.2) is 0 Å². The van der Waals surface area contributed by atoms with Crippen LogP contribution in [-0.2, 0) is 6.18 Å². The number of halogens is 3. The Morgan fingerprint density at radius 1 is 1.07 bits per heavy atom. The first kappa shape index (κ1) is 18.7. The lowest BCUT2D eigenvalue weighted by Crippen LogP contribution is -2.22. The second kappa shape index (κ2) is 6.90. The van der Waals surface area contributed by atoms with Crippen LogP contribution in [0.25, 0.3) is 10.9 Å². The van der Waals surface area contributed by atoms with E-state index in [-0.39, 0.29) is 28.2 Å². The van der Waals surface area contributed by atoms with Gasteiger partial charge in [0.1, 0.15) is 5.56 Å². The number of aromatic nitrogens is 1. The Morgan fingerprint density at radius 3 is 2.33 bits per heavy atom. The molecule has 140 valence electrons. The quantitative estimate of drug-likeness (QED) is 0.637. The molecule has 0 fully saturated rings. The molecule has 0 amide bonds. The number of para-hydroxylation sites is 1. The highest BCUT2D eigenvalue weighted by molar-refractivity contribution is 6.07. The molecule has 0 aliphatic carbocycles. The summed E-state index contributed by atoms with van der Waals surface area (Å²) in [6, 6.07) is 12.5. The number of nitrogens with one attached hydrogen (secondary N) is 2. The summed E-state index contributed by atoms with van der Waals surface area (Å²) in [5.74, 6) is -0.529. The molecule has 0 saturated carbocycles. The van der Waals surface area contributed by atoms with Crippen molar-refractivity contribution in [2.45, 2.75) is 26.1 Å². The van der Waals surface area contributed by atoms with Crippen LogP contribution >= 0.6 is 0 Å². The van der Waals surface area contributed by atoms with Gasteiger partial charge in [0.15, 0.2) is 5.78 Å². The predicted molar refractivity (Wildman–Crippen MR) is 98.1 cm³/mol. The number of carbonyl (C=O) groups is 1. The van der Waals surface area contributed by atoms with Crippen molar-refractivity contribution in [2.75, 3.05) is 5.32 Å². The lowest BCUT2D eigenvalue weighted by molar-refractivity contribution is -0.136. The van der Waals surface area contributed by atoms with E-state index in [9.17, 15) is 22.8 Å². The highest BCUT2D eigenvalue weighted by Crippen LogP contribution is 2.37. The lowest BCUT2D eigenvalue weighted by atomic mass is 10.0. The second-order valence-electron chi connectivity index (χ2n) is 6.26. The number of aromatic amines is 1. The molecule has 7 heteroatoms. The van der Waals surface area contributed by atoms with Crippen LogP contribution in [0.1, 0.15) is 41.4 Å². The number of hydrogen-bond donors (Lipinski definition) is 2. The standard InChI is InChI=1S/C20H17F3N2O2/c1-11(13-7-4-3-5-8-13)24-18-14-9-6-10-15(20(21,22)23)17(14)25-19(27)16(18)12(2)26/h3-11H,1-2H3,(H2,24,25,27). The number of Topliss-reactive ketones (excluding diaryl/α,β-unsaturated/α-hetero) is 1. The minimum absolute atomic E-state index is 0.101. The van der Waals surface area contributed by atoms with Gasteiger partial charge in [-0.2, -0.15) is 13.2 Å². The fourth-order valence-corrected chi connectivity index (χ4v) is 3.08. The number of benzene rings is 2. The van der Waals surface area contributed by atoms with Crippen LogP contribution in [0.15, 0.2) is 53.3 Å². The van der Waals surface area contributed by atoms with Crippen LogP contribution in [0.5, 0.6) is 0 Å². The number of alkyl halides is 3. The first-order valence-corrected chi connectivity index (χ1v) is 8.28. The number of rotatable bonds is 4. The van der Waals surface area contributed by atoms with Crippen LogP contribution in [0, 0.1) is 0 Å². The molecule has 3 rings (SSSR count). The van der Waals surface area contributed by atoms with E-state index in [0.29, 0.717) is 0 Å². The minimum Gasteiger partial charge on any atom is -0.377 e. The van der Waals surface area contributed by atoms with Crippen molar-refractivity contribution in [2.24, 2.45) is 0 Å². The molecule has 1 unspecified atom stereocenters. The maximum absolute atomic E-state index is 13.4. The summed E-state index contributed by atoms with van der Waals surface area (Å²) in [5.41, 5.74) is -1.37. The van der Waals surface area contributed by atoms with Gasteiger partial charge in [0, 0.05) is 11.4 Å². The highest BCUT2D eigenvalue weighted by atomic mass is 19.4. The average Bonchev–Trinajstić information content (AvgIpc) is 2.60. The average molecular weight is 374 g/mol. The Morgan fingerprint density at radius 2 is 1.74 bits per heavy atom. The smallest absolute Gasteiger partial charge is 0.377 e. The second-order valence-corrected chi connectivity index (χ2v) is 6.26. The topological polar surface area (TPSA) is 62.0 Å². The van der Waals surface area contributed by atoms with E-state index >= 15 is 0 Å². The molecule has 0 aliphatic rings. The van der Waals surface area contributed by atoms with Gasteiger partial charge in [-0.15, -0.1) is 0 Å². The van der Waals surface area contributed by atoms with Crippen LogP contribution in [0.4, 0.5) is 18.9 Å². The molecule has 3 aromatic rings. The molecule has 0 aliphatic heterocycles. The zero-order chi connectivity index (χ0) is 19.8. The fraction of sp³-hybridized carbons (Fsp3) is 0.200. The number of anilines is 1. The van der Waals surface area contributed by atoms with Gasteiger partial charge in [0.25, 0.3) is 5.56 Å². The van der Waals surface area contributed by atoms with Crippen LogP contribution < -0.4 is 10.9 Å². The van der Waals surface area contributed by atoms with Crippen molar-refractivity contribution in [1.29, 1.82) is 0 Å². The molecule has 0 spiro atoms. The molecule has 0 radical (unpaired) electrons. The predicted octanol–water partition coefficient (Wildman–Crippen LogP) is 4.92. The summed E-state index contributed by atoms with van der Waals surface area (Å²) in [6.07, 6.45) is -4.64. The highest BCUT2D eigenvalue weighted by Gasteiger charge is 2.34. The zero-order valence-electron chi connectivity index (χ0n) is 14.6. The van der Waals surface area contributed by atoms with Crippen molar-refractivity contribution in [3.63, 3.8) is 0 Å².